The number of nitrogens with two attached hydrogens (primary N) is 1. The summed E-state index contributed by atoms with van der Waals surface area (Å²) in [5.74, 6) is 2.67. The molecule has 4 rings (SSSR count). The summed E-state index contributed by atoms with van der Waals surface area (Å²) in [5, 5.41) is 3.26. The van der Waals surface area contributed by atoms with Crippen LogP contribution in [-0.2, 0) is 4.79 Å². The fourth-order valence-electron chi connectivity index (χ4n) is 4.64. The summed E-state index contributed by atoms with van der Waals surface area (Å²) in [4.78, 5) is 11.8. The van der Waals surface area contributed by atoms with Crippen LogP contribution >= 0.6 is 0 Å². The highest BCUT2D eigenvalue weighted by Crippen LogP contribution is 2.55. The fraction of sp³-hybridized carbons (Fsp3) is 0.923. The number of rotatable bonds is 2. The van der Waals surface area contributed by atoms with Gasteiger partial charge in [0.05, 0.1) is 6.04 Å². The molecule has 16 heavy (non-hydrogen) atoms. The van der Waals surface area contributed by atoms with Crippen LogP contribution in [0.5, 0.6) is 0 Å². The van der Waals surface area contributed by atoms with Gasteiger partial charge in [-0.3, -0.25) is 4.79 Å². The zero-order valence-corrected chi connectivity index (χ0v) is 10.0. The topological polar surface area (TPSA) is 55.1 Å². The van der Waals surface area contributed by atoms with E-state index in [9.17, 15) is 4.79 Å². The lowest BCUT2D eigenvalue weighted by molar-refractivity contribution is -0.127. The van der Waals surface area contributed by atoms with E-state index >= 15 is 0 Å². The van der Waals surface area contributed by atoms with Gasteiger partial charge in [0.2, 0.25) is 5.91 Å². The van der Waals surface area contributed by atoms with Gasteiger partial charge in [0.15, 0.2) is 0 Å². The molecule has 4 aliphatic carbocycles. The van der Waals surface area contributed by atoms with Crippen molar-refractivity contribution in [1.29, 1.82) is 0 Å². The molecule has 4 saturated carbocycles. The van der Waals surface area contributed by atoms with E-state index < -0.39 is 0 Å². The molecule has 0 unspecified atom stereocenters. The molecule has 4 bridgehead atoms. The van der Waals surface area contributed by atoms with Crippen LogP contribution < -0.4 is 11.1 Å². The summed E-state index contributed by atoms with van der Waals surface area (Å²) in [6, 6.07) is -0.368. The van der Waals surface area contributed by atoms with Gasteiger partial charge < -0.3 is 11.1 Å². The molecule has 3 N–H and O–H groups in total. The van der Waals surface area contributed by atoms with Crippen molar-refractivity contribution in [3.05, 3.63) is 0 Å². The Morgan fingerprint density at radius 2 is 1.62 bits per heavy atom. The van der Waals surface area contributed by atoms with Crippen molar-refractivity contribution < 1.29 is 4.79 Å². The normalized spacial score (nSPS) is 46.8. The van der Waals surface area contributed by atoms with E-state index in [1.54, 1.807) is 6.92 Å². The molecule has 1 atom stereocenters. The first kappa shape index (κ1) is 10.6. The number of nitrogens with one attached hydrogen (secondary N) is 1. The van der Waals surface area contributed by atoms with E-state index in [0.717, 1.165) is 17.8 Å². The van der Waals surface area contributed by atoms with Crippen molar-refractivity contribution in [2.24, 2.45) is 23.5 Å². The van der Waals surface area contributed by atoms with Crippen LogP contribution in [0, 0.1) is 17.8 Å². The molecule has 0 aliphatic heterocycles. The molecule has 90 valence electrons. The molecular formula is C13H22N2O. The van der Waals surface area contributed by atoms with Crippen LogP contribution in [0.1, 0.15) is 45.4 Å². The molecule has 1 amide bonds. The SMILES string of the molecule is C[C@@H](N)C(=O)NC12CC3CC(CC(C3)C1)C2. The van der Waals surface area contributed by atoms with E-state index in [0.29, 0.717) is 0 Å². The monoisotopic (exact) mass is 222 g/mol. The first-order valence-electron chi connectivity index (χ1n) is 6.64. The van der Waals surface area contributed by atoms with Gasteiger partial charge in [-0.2, -0.15) is 0 Å². The summed E-state index contributed by atoms with van der Waals surface area (Å²) in [5.41, 5.74) is 5.78. The predicted octanol–water partition coefficient (Wildman–Crippen LogP) is 1.42. The summed E-state index contributed by atoms with van der Waals surface area (Å²) < 4.78 is 0. The second-order valence-corrected chi connectivity index (χ2v) is 6.48. The molecule has 3 heteroatoms. The molecule has 0 heterocycles. The second kappa shape index (κ2) is 3.46. The first-order valence-corrected chi connectivity index (χ1v) is 6.64. The van der Waals surface area contributed by atoms with E-state index in [4.69, 9.17) is 5.73 Å². The third-order valence-corrected chi connectivity index (χ3v) is 4.84. The van der Waals surface area contributed by atoms with Gasteiger partial charge >= 0.3 is 0 Å². The second-order valence-electron chi connectivity index (χ2n) is 6.48. The van der Waals surface area contributed by atoms with Crippen molar-refractivity contribution in [2.45, 2.75) is 57.0 Å². The Hall–Kier alpha value is -0.570. The van der Waals surface area contributed by atoms with Crippen LogP contribution in [0.3, 0.4) is 0 Å². The Labute approximate surface area is 97.2 Å². The molecule has 4 aliphatic rings. The molecule has 0 saturated heterocycles. The summed E-state index contributed by atoms with van der Waals surface area (Å²) in [6.07, 6.45) is 7.85. The van der Waals surface area contributed by atoms with Gasteiger partial charge in [-0.05, 0) is 63.2 Å². The van der Waals surface area contributed by atoms with Gasteiger partial charge in [0.25, 0.3) is 0 Å². The van der Waals surface area contributed by atoms with Crippen molar-refractivity contribution in [3.8, 4) is 0 Å². The summed E-state index contributed by atoms with van der Waals surface area (Å²) in [7, 11) is 0. The standard InChI is InChI=1S/C13H22N2O/c1-8(14)12(16)15-13-5-9-2-10(6-13)4-11(3-9)7-13/h8-11H,2-7,14H2,1H3,(H,15,16)/t8-,9?,10?,11?,13?/m1/s1. The van der Waals surface area contributed by atoms with Crippen LogP contribution in [0.15, 0.2) is 0 Å². The first-order chi connectivity index (χ1) is 7.56. The van der Waals surface area contributed by atoms with Crippen LogP contribution in [-0.4, -0.2) is 17.5 Å². The molecule has 0 aromatic rings. The largest absolute Gasteiger partial charge is 0.349 e. The van der Waals surface area contributed by atoms with E-state index in [-0.39, 0.29) is 17.5 Å². The van der Waals surface area contributed by atoms with Crippen LogP contribution in [0.4, 0.5) is 0 Å². The highest BCUT2D eigenvalue weighted by Gasteiger charge is 2.51. The maximum atomic E-state index is 11.8. The van der Waals surface area contributed by atoms with Gasteiger partial charge in [0, 0.05) is 5.54 Å². The summed E-state index contributed by atoms with van der Waals surface area (Å²) in [6.45, 7) is 1.77. The van der Waals surface area contributed by atoms with E-state index in [1.807, 2.05) is 0 Å². The fourth-order valence-corrected chi connectivity index (χ4v) is 4.64. The highest BCUT2D eigenvalue weighted by molar-refractivity contribution is 5.81. The molecule has 0 aromatic heterocycles. The lowest BCUT2D eigenvalue weighted by atomic mass is 9.53. The molecule has 0 aromatic carbocycles. The number of hydrogen-bond donors (Lipinski definition) is 2. The summed E-state index contributed by atoms with van der Waals surface area (Å²) >= 11 is 0. The highest BCUT2D eigenvalue weighted by atomic mass is 16.2. The zero-order valence-electron chi connectivity index (χ0n) is 10.0. The Kier molecular flexibility index (Phi) is 2.29. The Bertz CT molecular complexity index is 276. The zero-order chi connectivity index (χ0) is 11.3. The van der Waals surface area contributed by atoms with Crippen molar-refractivity contribution in [2.75, 3.05) is 0 Å². The lowest BCUT2D eigenvalue weighted by Gasteiger charge is -2.57. The minimum absolute atomic E-state index is 0.0435. The molecule has 4 fully saturated rings. The number of carbonyl (C=O) groups is 1. The smallest absolute Gasteiger partial charge is 0.237 e. The Balaban J connectivity index is 1.76. The maximum Gasteiger partial charge on any atom is 0.237 e. The number of hydrogen-bond acceptors (Lipinski definition) is 2. The van der Waals surface area contributed by atoms with E-state index in [2.05, 4.69) is 5.32 Å². The third kappa shape index (κ3) is 1.65. The minimum Gasteiger partial charge on any atom is -0.349 e. The van der Waals surface area contributed by atoms with Gasteiger partial charge in [-0.25, -0.2) is 0 Å². The van der Waals surface area contributed by atoms with Gasteiger partial charge in [0.1, 0.15) is 0 Å². The predicted molar refractivity (Wildman–Crippen MR) is 62.7 cm³/mol. The molecular weight excluding hydrogens is 200 g/mol. The average Bonchev–Trinajstić information content (AvgIpc) is 2.13. The van der Waals surface area contributed by atoms with Gasteiger partial charge in [-0.1, -0.05) is 0 Å². The Morgan fingerprint density at radius 1 is 1.19 bits per heavy atom. The van der Waals surface area contributed by atoms with Crippen molar-refractivity contribution in [1.82, 2.24) is 5.32 Å². The van der Waals surface area contributed by atoms with Crippen LogP contribution in [0.2, 0.25) is 0 Å². The quantitative estimate of drug-likeness (QED) is 0.742. The van der Waals surface area contributed by atoms with Gasteiger partial charge in [-0.15, -0.1) is 0 Å². The molecule has 0 spiro atoms. The number of amides is 1. The van der Waals surface area contributed by atoms with Crippen molar-refractivity contribution in [3.63, 3.8) is 0 Å². The average molecular weight is 222 g/mol. The Morgan fingerprint density at radius 3 is 2.00 bits per heavy atom. The third-order valence-electron chi connectivity index (χ3n) is 4.84. The molecule has 3 nitrogen and oxygen atoms in total. The number of carbonyl (C=O) groups excluding carboxylic acids is 1. The lowest BCUT2D eigenvalue weighted by Crippen LogP contribution is -2.61. The van der Waals surface area contributed by atoms with Crippen molar-refractivity contribution >= 4 is 5.91 Å². The maximum absolute atomic E-state index is 11.8. The molecule has 0 radical (unpaired) electrons. The van der Waals surface area contributed by atoms with E-state index in [1.165, 1.54) is 38.5 Å². The van der Waals surface area contributed by atoms with Crippen LogP contribution in [0.25, 0.3) is 0 Å². The minimum atomic E-state index is -0.368.